The van der Waals surface area contributed by atoms with Crippen molar-refractivity contribution < 1.29 is 0 Å². The Morgan fingerprint density at radius 2 is 2.29 bits per heavy atom. The summed E-state index contributed by atoms with van der Waals surface area (Å²) in [5.74, 6) is 0.860. The molecule has 2 heterocycles. The summed E-state index contributed by atoms with van der Waals surface area (Å²) in [5.41, 5.74) is 2.69. The summed E-state index contributed by atoms with van der Waals surface area (Å²) >= 11 is 1.93. The highest BCUT2D eigenvalue weighted by Crippen LogP contribution is 2.30. The number of anilines is 1. The van der Waals surface area contributed by atoms with Crippen LogP contribution in [-0.2, 0) is 19.4 Å². The van der Waals surface area contributed by atoms with Gasteiger partial charge < -0.3 is 5.32 Å². The second-order valence-corrected chi connectivity index (χ2v) is 5.71. The van der Waals surface area contributed by atoms with Crippen molar-refractivity contribution in [2.45, 2.75) is 32.7 Å². The fourth-order valence-electron chi connectivity index (χ4n) is 2.21. The quantitative estimate of drug-likeness (QED) is 0.903. The van der Waals surface area contributed by atoms with Gasteiger partial charge in [-0.15, -0.1) is 16.4 Å². The van der Waals surface area contributed by atoms with Crippen molar-refractivity contribution in [3.05, 3.63) is 39.2 Å². The van der Waals surface area contributed by atoms with Crippen molar-refractivity contribution in [1.29, 1.82) is 0 Å². The molecular formula is C13H15N3S. The summed E-state index contributed by atoms with van der Waals surface area (Å²) in [7, 11) is 0. The van der Waals surface area contributed by atoms with Crippen LogP contribution < -0.4 is 5.32 Å². The van der Waals surface area contributed by atoms with Gasteiger partial charge in [0.1, 0.15) is 5.82 Å². The fraction of sp³-hybridized carbons (Fsp3) is 0.385. The molecule has 2 aromatic heterocycles. The summed E-state index contributed by atoms with van der Waals surface area (Å²) in [6.45, 7) is 2.88. The molecule has 0 radical (unpaired) electrons. The van der Waals surface area contributed by atoms with E-state index in [2.05, 4.69) is 21.6 Å². The minimum atomic E-state index is 0.857. The van der Waals surface area contributed by atoms with Crippen molar-refractivity contribution in [3.8, 4) is 0 Å². The summed E-state index contributed by atoms with van der Waals surface area (Å²) in [4.78, 5) is 2.98. The van der Waals surface area contributed by atoms with Crippen LogP contribution in [0.3, 0.4) is 0 Å². The van der Waals surface area contributed by atoms with Crippen LogP contribution in [0.15, 0.2) is 18.3 Å². The van der Waals surface area contributed by atoms with Crippen LogP contribution in [-0.4, -0.2) is 10.2 Å². The predicted molar refractivity (Wildman–Crippen MR) is 70.4 cm³/mol. The third kappa shape index (κ3) is 2.31. The smallest absolute Gasteiger partial charge is 0.149 e. The van der Waals surface area contributed by atoms with E-state index < -0.39 is 0 Å². The van der Waals surface area contributed by atoms with Gasteiger partial charge in [-0.05, 0) is 49.4 Å². The number of aromatic nitrogens is 2. The van der Waals surface area contributed by atoms with E-state index in [9.17, 15) is 0 Å². The Labute approximate surface area is 105 Å². The van der Waals surface area contributed by atoms with Gasteiger partial charge in [-0.3, -0.25) is 0 Å². The van der Waals surface area contributed by atoms with Crippen LogP contribution in [0, 0.1) is 6.92 Å². The van der Waals surface area contributed by atoms with Gasteiger partial charge in [0, 0.05) is 9.75 Å². The molecule has 0 saturated heterocycles. The van der Waals surface area contributed by atoms with Gasteiger partial charge in [0.25, 0.3) is 0 Å². The maximum absolute atomic E-state index is 4.06. The monoisotopic (exact) mass is 245 g/mol. The average molecular weight is 245 g/mol. The molecule has 0 bridgehead atoms. The van der Waals surface area contributed by atoms with Gasteiger partial charge in [-0.2, -0.15) is 5.10 Å². The Kier molecular flexibility index (Phi) is 2.81. The summed E-state index contributed by atoms with van der Waals surface area (Å²) in [5, 5.41) is 11.3. The third-order valence-electron chi connectivity index (χ3n) is 3.03. The third-order valence-corrected chi connectivity index (χ3v) is 4.27. The lowest BCUT2D eigenvalue weighted by molar-refractivity contribution is 0.913. The molecule has 0 atom stereocenters. The second kappa shape index (κ2) is 4.45. The first-order chi connectivity index (χ1) is 8.31. The Hall–Kier alpha value is -1.42. The Bertz CT molecular complexity index is 512. The van der Waals surface area contributed by atoms with E-state index in [0.717, 1.165) is 17.9 Å². The van der Waals surface area contributed by atoms with Crippen molar-refractivity contribution in [2.24, 2.45) is 0 Å². The highest BCUT2D eigenvalue weighted by atomic mass is 32.1. The topological polar surface area (TPSA) is 37.8 Å². The van der Waals surface area contributed by atoms with Crippen LogP contribution in [0.1, 0.15) is 27.3 Å². The highest BCUT2D eigenvalue weighted by molar-refractivity contribution is 7.12. The van der Waals surface area contributed by atoms with Crippen LogP contribution in [0.4, 0.5) is 5.82 Å². The molecule has 3 rings (SSSR count). The van der Waals surface area contributed by atoms with Gasteiger partial charge in [-0.1, -0.05) is 0 Å². The average Bonchev–Trinajstić information content (AvgIpc) is 2.86. The molecule has 0 unspecified atom stereocenters. The van der Waals surface area contributed by atoms with Crippen LogP contribution in [0.5, 0.6) is 0 Å². The first-order valence-corrected chi connectivity index (χ1v) is 6.76. The van der Waals surface area contributed by atoms with E-state index in [1.165, 1.54) is 24.1 Å². The van der Waals surface area contributed by atoms with E-state index in [1.54, 1.807) is 16.6 Å². The van der Waals surface area contributed by atoms with Crippen molar-refractivity contribution in [3.63, 3.8) is 0 Å². The predicted octanol–water partition coefficient (Wildman–Crippen LogP) is 2.95. The van der Waals surface area contributed by atoms with Crippen molar-refractivity contribution in [1.82, 2.24) is 10.2 Å². The summed E-state index contributed by atoms with van der Waals surface area (Å²) < 4.78 is 0. The molecule has 4 heteroatoms. The number of fused-ring (bicyclic) bond motifs is 1. The van der Waals surface area contributed by atoms with Gasteiger partial charge >= 0.3 is 0 Å². The van der Waals surface area contributed by atoms with Crippen LogP contribution in [0.2, 0.25) is 0 Å². The molecular weight excluding hydrogens is 230 g/mol. The standard InChI is InChI=1S/C13H15N3S/c1-9-5-13(16-15-7-9)14-8-11-6-10-3-2-4-12(10)17-11/h5-7H,2-4,8H2,1H3,(H,14,16). The van der Waals surface area contributed by atoms with Gasteiger partial charge in [0.2, 0.25) is 0 Å². The Morgan fingerprint density at radius 1 is 1.35 bits per heavy atom. The molecule has 1 aliphatic rings. The van der Waals surface area contributed by atoms with Gasteiger partial charge in [-0.25, -0.2) is 0 Å². The molecule has 0 saturated carbocycles. The zero-order valence-corrected chi connectivity index (χ0v) is 10.7. The molecule has 0 fully saturated rings. The molecule has 0 spiro atoms. The molecule has 0 aromatic carbocycles. The lowest BCUT2D eigenvalue weighted by Crippen LogP contribution is -2.01. The number of rotatable bonds is 3. The maximum atomic E-state index is 4.06. The van der Waals surface area contributed by atoms with Gasteiger partial charge in [0.05, 0.1) is 12.7 Å². The molecule has 1 aliphatic carbocycles. The van der Waals surface area contributed by atoms with Crippen molar-refractivity contribution in [2.75, 3.05) is 5.32 Å². The lowest BCUT2D eigenvalue weighted by Gasteiger charge is -2.03. The lowest BCUT2D eigenvalue weighted by atomic mass is 10.2. The molecule has 0 aliphatic heterocycles. The number of aryl methyl sites for hydroxylation is 3. The number of nitrogens with zero attached hydrogens (tertiary/aromatic N) is 2. The Balaban J connectivity index is 1.67. The summed E-state index contributed by atoms with van der Waals surface area (Å²) in [6, 6.07) is 4.36. The summed E-state index contributed by atoms with van der Waals surface area (Å²) in [6.07, 6.45) is 5.63. The minimum absolute atomic E-state index is 0.857. The number of hydrogen-bond donors (Lipinski definition) is 1. The number of nitrogens with one attached hydrogen (secondary N) is 1. The zero-order chi connectivity index (χ0) is 11.7. The molecule has 17 heavy (non-hydrogen) atoms. The van der Waals surface area contributed by atoms with Crippen LogP contribution >= 0.6 is 11.3 Å². The normalized spacial score (nSPS) is 13.7. The number of thiophene rings is 1. The fourth-order valence-corrected chi connectivity index (χ4v) is 3.41. The largest absolute Gasteiger partial charge is 0.364 e. The van der Waals surface area contributed by atoms with E-state index in [0.29, 0.717) is 0 Å². The maximum Gasteiger partial charge on any atom is 0.149 e. The zero-order valence-electron chi connectivity index (χ0n) is 9.86. The highest BCUT2D eigenvalue weighted by Gasteiger charge is 2.14. The van der Waals surface area contributed by atoms with Crippen LogP contribution in [0.25, 0.3) is 0 Å². The van der Waals surface area contributed by atoms with E-state index >= 15 is 0 Å². The second-order valence-electron chi connectivity index (χ2n) is 4.49. The molecule has 0 amide bonds. The van der Waals surface area contributed by atoms with E-state index in [4.69, 9.17) is 0 Å². The molecule has 3 nitrogen and oxygen atoms in total. The minimum Gasteiger partial charge on any atom is -0.364 e. The van der Waals surface area contributed by atoms with E-state index in [1.807, 2.05) is 24.3 Å². The van der Waals surface area contributed by atoms with Crippen molar-refractivity contribution >= 4 is 17.2 Å². The SMILES string of the molecule is Cc1cnnc(NCc2cc3c(s2)CCC3)c1. The first-order valence-electron chi connectivity index (χ1n) is 5.95. The Morgan fingerprint density at radius 3 is 3.12 bits per heavy atom. The van der Waals surface area contributed by atoms with Gasteiger partial charge in [0.15, 0.2) is 0 Å². The van der Waals surface area contributed by atoms with E-state index in [-0.39, 0.29) is 0 Å². The molecule has 2 aromatic rings. The molecule has 88 valence electrons. The molecule has 1 N–H and O–H groups in total. The number of hydrogen-bond acceptors (Lipinski definition) is 4. The first kappa shape index (κ1) is 10.7.